The van der Waals surface area contributed by atoms with Crippen molar-refractivity contribution in [3.05, 3.63) is 52.5 Å². The van der Waals surface area contributed by atoms with E-state index in [1.807, 2.05) is 39.0 Å². The van der Waals surface area contributed by atoms with Gasteiger partial charge in [0.1, 0.15) is 5.52 Å². The number of nitrogens with one attached hydrogen (secondary N) is 1. The van der Waals surface area contributed by atoms with E-state index >= 15 is 0 Å². The van der Waals surface area contributed by atoms with E-state index in [2.05, 4.69) is 10.3 Å². The third-order valence-corrected chi connectivity index (χ3v) is 4.80. The van der Waals surface area contributed by atoms with Gasteiger partial charge in [0, 0.05) is 16.8 Å². The Morgan fingerprint density at radius 2 is 2.04 bits per heavy atom. The highest BCUT2D eigenvalue weighted by molar-refractivity contribution is 8.00. The number of benzene rings is 2. The van der Waals surface area contributed by atoms with Gasteiger partial charge in [-0.3, -0.25) is 4.79 Å². The molecule has 1 amide bonds. The fourth-order valence-electron chi connectivity index (χ4n) is 2.32. The first-order chi connectivity index (χ1) is 11.4. The number of fused-ring (bicyclic) bond motifs is 1. The summed E-state index contributed by atoms with van der Waals surface area (Å²) in [4.78, 5) is 16.8. The second-order valence-electron chi connectivity index (χ2n) is 5.66. The Hall–Kier alpha value is -1.98. The Kier molecular flexibility index (Phi) is 4.83. The summed E-state index contributed by atoms with van der Waals surface area (Å²) in [6.45, 7) is 5.83. The summed E-state index contributed by atoms with van der Waals surface area (Å²) in [5.74, 6) is -0.0905. The van der Waals surface area contributed by atoms with Gasteiger partial charge < -0.3 is 9.73 Å². The van der Waals surface area contributed by atoms with Crippen LogP contribution in [0.1, 0.15) is 18.1 Å². The Morgan fingerprint density at radius 1 is 1.25 bits per heavy atom. The number of carbonyl (C=O) groups is 1. The number of aromatic nitrogens is 1. The van der Waals surface area contributed by atoms with Crippen LogP contribution >= 0.6 is 23.4 Å². The average molecular weight is 361 g/mol. The molecule has 1 aromatic heterocycles. The summed E-state index contributed by atoms with van der Waals surface area (Å²) in [6.07, 6.45) is 0. The van der Waals surface area contributed by atoms with Crippen LogP contribution in [0.25, 0.3) is 11.1 Å². The lowest BCUT2D eigenvalue weighted by Crippen LogP contribution is -2.22. The molecule has 0 aliphatic heterocycles. The third kappa shape index (κ3) is 3.74. The first-order valence-corrected chi connectivity index (χ1v) is 8.79. The minimum absolute atomic E-state index is 0.0905. The second kappa shape index (κ2) is 6.87. The van der Waals surface area contributed by atoms with Crippen molar-refractivity contribution in [1.82, 2.24) is 4.98 Å². The number of rotatable bonds is 4. The van der Waals surface area contributed by atoms with Gasteiger partial charge in [0.05, 0.1) is 5.25 Å². The molecule has 0 bridgehead atoms. The number of halogens is 1. The molecule has 0 fully saturated rings. The molecular weight excluding hydrogens is 344 g/mol. The van der Waals surface area contributed by atoms with Crippen molar-refractivity contribution in [2.75, 3.05) is 5.32 Å². The largest absolute Gasteiger partial charge is 0.431 e. The predicted molar refractivity (Wildman–Crippen MR) is 98.9 cm³/mol. The summed E-state index contributed by atoms with van der Waals surface area (Å²) >= 11 is 7.22. The molecule has 3 aromatic rings. The van der Waals surface area contributed by atoms with Gasteiger partial charge in [-0.2, -0.15) is 0 Å². The Balaban J connectivity index is 1.70. The number of anilines is 1. The minimum Gasteiger partial charge on any atom is -0.431 e. The molecule has 3 rings (SSSR count). The van der Waals surface area contributed by atoms with E-state index in [1.54, 1.807) is 18.2 Å². The second-order valence-corrected chi connectivity index (χ2v) is 7.39. The number of hydrogen-bond donors (Lipinski definition) is 1. The number of hydrogen-bond acceptors (Lipinski definition) is 4. The molecule has 0 saturated heterocycles. The van der Waals surface area contributed by atoms with Crippen molar-refractivity contribution in [1.29, 1.82) is 0 Å². The third-order valence-electron chi connectivity index (χ3n) is 3.62. The zero-order valence-electron chi connectivity index (χ0n) is 13.6. The SMILES string of the molecule is Cc1ccc(NC(=O)[C@H](C)Sc2nc3ccc(Cl)cc3o2)c(C)c1. The molecule has 1 atom stereocenters. The fourth-order valence-corrected chi connectivity index (χ4v) is 3.24. The van der Waals surface area contributed by atoms with Crippen LogP contribution in [-0.2, 0) is 4.79 Å². The normalized spacial score (nSPS) is 12.3. The van der Waals surface area contributed by atoms with Crippen molar-refractivity contribution in [2.24, 2.45) is 0 Å². The number of amides is 1. The van der Waals surface area contributed by atoms with Gasteiger partial charge in [0.25, 0.3) is 5.22 Å². The van der Waals surface area contributed by atoms with Gasteiger partial charge in [-0.1, -0.05) is 41.1 Å². The summed E-state index contributed by atoms with van der Waals surface area (Å²) < 4.78 is 5.65. The highest BCUT2D eigenvalue weighted by Crippen LogP contribution is 2.29. The summed E-state index contributed by atoms with van der Waals surface area (Å²) in [5, 5.41) is 3.66. The maximum absolute atomic E-state index is 12.4. The van der Waals surface area contributed by atoms with Gasteiger partial charge in [-0.15, -0.1) is 0 Å². The molecule has 0 unspecified atom stereocenters. The maximum Gasteiger partial charge on any atom is 0.257 e. The molecule has 1 heterocycles. The van der Waals surface area contributed by atoms with Crippen LogP contribution in [0.15, 0.2) is 46.0 Å². The molecule has 124 valence electrons. The molecule has 1 N–H and O–H groups in total. The highest BCUT2D eigenvalue weighted by Gasteiger charge is 2.19. The van der Waals surface area contributed by atoms with Gasteiger partial charge in [-0.05, 0) is 44.5 Å². The number of oxazole rings is 1. The zero-order chi connectivity index (χ0) is 17.3. The summed E-state index contributed by atoms with van der Waals surface area (Å²) in [5.41, 5.74) is 4.37. The predicted octanol–water partition coefficient (Wildman–Crippen LogP) is 5.22. The molecule has 6 heteroatoms. The van der Waals surface area contributed by atoms with E-state index in [1.165, 1.54) is 11.8 Å². The highest BCUT2D eigenvalue weighted by atomic mass is 35.5. The first kappa shape index (κ1) is 16.9. The zero-order valence-corrected chi connectivity index (χ0v) is 15.2. The molecule has 0 aliphatic carbocycles. The molecule has 2 aromatic carbocycles. The van der Waals surface area contributed by atoms with Crippen LogP contribution < -0.4 is 5.32 Å². The molecular formula is C18H17ClN2O2S. The van der Waals surface area contributed by atoms with Crippen LogP contribution in [0.2, 0.25) is 5.02 Å². The minimum atomic E-state index is -0.339. The van der Waals surface area contributed by atoms with Crippen molar-refractivity contribution in [3.8, 4) is 0 Å². The van der Waals surface area contributed by atoms with E-state index in [0.717, 1.165) is 22.3 Å². The van der Waals surface area contributed by atoms with E-state index in [4.69, 9.17) is 16.0 Å². The number of carbonyl (C=O) groups excluding carboxylic acids is 1. The van der Waals surface area contributed by atoms with Crippen LogP contribution in [-0.4, -0.2) is 16.1 Å². The molecule has 0 radical (unpaired) electrons. The van der Waals surface area contributed by atoms with E-state index < -0.39 is 0 Å². The van der Waals surface area contributed by atoms with Crippen molar-refractivity contribution in [3.63, 3.8) is 0 Å². The van der Waals surface area contributed by atoms with Crippen molar-refractivity contribution < 1.29 is 9.21 Å². The van der Waals surface area contributed by atoms with Gasteiger partial charge in [0.15, 0.2) is 5.58 Å². The smallest absolute Gasteiger partial charge is 0.257 e. The molecule has 24 heavy (non-hydrogen) atoms. The number of thioether (sulfide) groups is 1. The first-order valence-electron chi connectivity index (χ1n) is 7.53. The lowest BCUT2D eigenvalue weighted by Gasteiger charge is -2.12. The van der Waals surface area contributed by atoms with E-state index in [-0.39, 0.29) is 11.2 Å². The Morgan fingerprint density at radius 3 is 2.79 bits per heavy atom. The van der Waals surface area contributed by atoms with E-state index in [9.17, 15) is 4.79 Å². The van der Waals surface area contributed by atoms with E-state index in [0.29, 0.717) is 15.8 Å². The van der Waals surface area contributed by atoms with Crippen LogP contribution in [0.5, 0.6) is 0 Å². The van der Waals surface area contributed by atoms with Crippen molar-refractivity contribution in [2.45, 2.75) is 31.2 Å². The quantitative estimate of drug-likeness (QED) is 0.648. The molecule has 4 nitrogen and oxygen atoms in total. The Labute approximate surface area is 149 Å². The van der Waals surface area contributed by atoms with Crippen LogP contribution in [0, 0.1) is 13.8 Å². The number of aryl methyl sites for hydroxylation is 2. The standard InChI is InChI=1S/C18H17ClN2O2S/c1-10-4-6-14(11(2)8-10)20-17(22)12(3)24-18-21-15-7-5-13(19)9-16(15)23-18/h4-9,12H,1-3H3,(H,20,22)/t12-/m0/s1. The molecule has 0 saturated carbocycles. The Bertz CT molecular complexity index is 907. The lowest BCUT2D eigenvalue weighted by molar-refractivity contribution is -0.115. The van der Waals surface area contributed by atoms with Crippen LogP contribution in [0.4, 0.5) is 5.69 Å². The molecule has 0 aliphatic rings. The summed E-state index contributed by atoms with van der Waals surface area (Å²) in [7, 11) is 0. The molecule has 0 spiro atoms. The van der Waals surface area contributed by atoms with Gasteiger partial charge >= 0.3 is 0 Å². The van der Waals surface area contributed by atoms with Crippen LogP contribution in [0.3, 0.4) is 0 Å². The average Bonchev–Trinajstić information content (AvgIpc) is 2.91. The maximum atomic E-state index is 12.4. The van der Waals surface area contributed by atoms with Gasteiger partial charge in [-0.25, -0.2) is 4.98 Å². The summed E-state index contributed by atoms with van der Waals surface area (Å²) in [6, 6.07) is 11.2. The van der Waals surface area contributed by atoms with Crippen molar-refractivity contribution >= 4 is 46.1 Å². The number of nitrogens with zero attached hydrogens (tertiary/aromatic N) is 1. The topological polar surface area (TPSA) is 55.1 Å². The van der Waals surface area contributed by atoms with Gasteiger partial charge in [0.2, 0.25) is 5.91 Å². The monoisotopic (exact) mass is 360 g/mol. The lowest BCUT2D eigenvalue weighted by atomic mass is 10.1. The fraction of sp³-hybridized carbons (Fsp3) is 0.222.